The van der Waals surface area contributed by atoms with Crippen LogP contribution in [0.4, 0.5) is 4.39 Å². The molecule has 1 amide bonds. The second kappa shape index (κ2) is 4.84. The monoisotopic (exact) mass is 236 g/mol. The lowest BCUT2D eigenvalue weighted by molar-refractivity contribution is -0.123. The quantitative estimate of drug-likeness (QED) is 0.829. The second-order valence-electron chi connectivity index (χ2n) is 4.69. The highest BCUT2D eigenvalue weighted by atomic mass is 19.1. The van der Waals surface area contributed by atoms with Gasteiger partial charge < -0.3 is 11.1 Å². The summed E-state index contributed by atoms with van der Waals surface area (Å²) in [6, 6.07) is 5.99. The Bertz CT molecular complexity index is 393. The molecule has 4 heteroatoms. The molecule has 0 unspecified atom stereocenters. The normalized spacial score (nSPS) is 17.3. The largest absolute Gasteiger partial charge is 0.349 e. The van der Waals surface area contributed by atoms with Crippen LogP contribution >= 0.6 is 0 Å². The van der Waals surface area contributed by atoms with Gasteiger partial charge in [-0.15, -0.1) is 0 Å². The van der Waals surface area contributed by atoms with Crippen molar-refractivity contribution in [3.8, 4) is 0 Å². The maximum Gasteiger partial charge on any atom is 0.224 e. The lowest BCUT2D eigenvalue weighted by Crippen LogP contribution is -2.58. The van der Waals surface area contributed by atoms with Gasteiger partial charge in [0, 0.05) is 6.54 Å². The first kappa shape index (κ1) is 12.0. The Morgan fingerprint density at radius 2 is 2.00 bits per heavy atom. The number of carbonyl (C=O) groups excluding carboxylic acids is 1. The highest BCUT2D eigenvalue weighted by Gasteiger charge is 2.36. The number of carbonyl (C=O) groups is 1. The summed E-state index contributed by atoms with van der Waals surface area (Å²) in [7, 11) is 0. The number of halogens is 1. The van der Waals surface area contributed by atoms with E-state index in [2.05, 4.69) is 5.32 Å². The minimum absolute atomic E-state index is 0.0400. The van der Waals surface area contributed by atoms with Crippen LogP contribution in [-0.4, -0.2) is 18.0 Å². The van der Waals surface area contributed by atoms with Crippen LogP contribution in [0.1, 0.15) is 24.8 Å². The summed E-state index contributed by atoms with van der Waals surface area (Å²) in [4.78, 5) is 11.8. The number of nitrogens with one attached hydrogen (secondary N) is 1. The number of benzene rings is 1. The number of rotatable bonds is 4. The van der Waals surface area contributed by atoms with Gasteiger partial charge in [-0.1, -0.05) is 12.1 Å². The molecule has 0 saturated heterocycles. The van der Waals surface area contributed by atoms with Gasteiger partial charge in [-0.2, -0.15) is 0 Å². The predicted molar refractivity (Wildman–Crippen MR) is 63.9 cm³/mol. The maximum atomic E-state index is 12.7. The minimum Gasteiger partial charge on any atom is -0.349 e. The highest BCUT2D eigenvalue weighted by molar-refractivity contribution is 5.79. The van der Waals surface area contributed by atoms with Gasteiger partial charge in [0.15, 0.2) is 0 Å². The summed E-state index contributed by atoms with van der Waals surface area (Å²) < 4.78 is 12.7. The van der Waals surface area contributed by atoms with Gasteiger partial charge in [-0.05, 0) is 37.0 Å². The van der Waals surface area contributed by atoms with Crippen molar-refractivity contribution in [2.75, 3.05) is 6.54 Å². The molecule has 3 nitrogen and oxygen atoms in total. The average Bonchev–Trinajstić information content (AvgIpc) is 2.27. The van der Waals surface area contributed by atoms with E-state index in [4.69, 9.17) is 5.73 Å². The molecular weight excluding hydrogens is 219 g/mol. The van der Waals surface area contributed by atoms with Crippen LogP contribution in [-0.2, 0) is 11.2 Å². The summed E-state index contributed by atoms with van der Waals surface area (Å²) in [6.45, 7) is 0.488. The van der Waals surface area contributed by atoms with Crippen molar-refractivity contribution in [3.05, 3.63) is 35.6 Å². The number of nitrogens with two attached hydrogens (primary N) is 1. The summed E-state index contributed by atoms with van der Waals surface area (Å²) >= 11 is 0. The van der Waals surface area contributed by atoms with Gasteiger partial charge in [0.1, 0.15) is 5.82 Å². The molecule has 17 heavy (non-hydrogen) atoms. The van der Waals surface area contributed by atoms with Crippen molar-refractivity contribution < 1.29 is 9.18 Å². The van der Waals surface area contributed by atoms with E-state index in [0.29, 0.717) is 6.54 Å². The molecule has 1 fully saturated rings. The molecule has 1 aliphatic rings. The Balaban J connectivity index is 1.91. The summed E-state index contributed by atoms with van der Waals surface area (Å²) in [5.41, 5.74) is 6.30. The van der Waals surface area contributed by atoms with Crippen LogP contribution < -0.4 is 11.1 Å². The zero-order valence-electron chi connectivity index (χ0n) is 9.71. The summed E-state index contributed by atoms with van der Waals surface area (Å²) in [5, 5.41) is 2.98. The highest BCUT2D eigenvalue weighted by Crippen LogP contribution is 2.30. The fourth-order valence-electron chi connectivity index (χ4n) is 2.11. The van der Waals surface area contributed by atoms with Crippen LogP contribution in [0.15, 0.2) is 24.3 Å². The van der Waals surface area contributed by atoms with E-state index >= 15 is 0 Å². The number of hydrogen-bond acceptors (Lipinski definition) is 2. The predicted octanol–water partition coefficient (Wildman–Crippen LogP) is 1.37. The molecule has 0 spiro atoms. The maximum absolute atomic E-state index is 12.7. The van der Waals surface area contributed by atoms with Crippen molar-refractivity contribution in [3.63, 3.8) is 0 Å². The molecule has 1 aliphatic carbocycles. The van der Waals surface area contributed by atoms with Gasteiger partial charge in [-0.3, -0.25) is 4.79 Å². The third kappa shape index (κ3) is 2.82. The van der Waals surface area contributed by atoms with Gasteiger partial charge in [0.05, 0.1) is 12.0 Å². The Hall–Kier alpha value is -1.42. The van der Waals surface area contributed by atoms with Gasteiger partial charge in [-0.25, -0.2) is 4.39 Å². The van der Waals surface area contributed by atoms with Crippen molar-refractivity contribution in [1.29, 1.82) is 0 Å². The molecular formula is C13H17FN2O. The summed E-state index contributed by atoms with van der Waals surface area (Å²) in [6.07, 6.45) is 3.31. The first-order valence-corrected chi connectivity index (χ1v) is 5.89. The standard InChI is InChI=1S/C13H17FN2O/c14-11-4-2-10(3-5-11)8-12(17)16-13(9-15)6-1-7-13/h2-5H,1,6-9,15H2,(H,16,17). The number of amides is 1. The van der Waals surface area contributed by atoms with Crippen LogP contribution in [0.25, 0.3) is 0 Å². The Labute approximate surface area is 100 Å². The van der Waals surface area contributed by atoms with Crippen molar-refractivity contribution in [1.82, 2.24) is 5.32 Å². The fraction of sp³-hybridized carbons (Fsp3) is 0.462. The molecule has 0 aromatic heterocycles. The minimum atomic E-state index is -0.286. The molecule has 1 aromatic rings. The number of hydrogen-bond donors (Lipinski definition) is 2. The van der Waals surface area contributed by atoms with Crippen LogP contribution in [0.2, 0.25) is 0 Å². The van der Waals surface area contributed by atoms with Gasteiger partial charge in [0.2, 0.25) is 5.91 Å². The smallest absolute Gasteiger partial charge is 0.224 e. The Morgan fingerprint density at radius 1 is 1.35 bits per heavy atom. The van der Waals surface area contributed by atoms with Gasteiger partial charge >= 0.3 is 0 Å². The molecule has 0 heterocycles. The molecule has 0 bridgehead atoms. The first-order chi connectivity index (χ1) is 8.13. The lowest BCUT2D eigenvalue weighted by Gasteiger charge is -2.41. The Morgan fingerprint density at radius 3 is 2.47 bits per heavy atom. The van der Waals surface area contributed by atoms with Crippen molar-refractivity contribution in [2.45, 2.75) is 31.2 Å². The average molecular weight is 236 g/mol. The van der Waals surface area contributed by atoms with Crippen LogP contribution in [0.5, 0.6) is 0 Å². The topological polar surface area (TPSA) is 55.1 Å². The van der Waals surface area contributed by atoms with E-state index in [1.165, 1.54) is 12.1 Å². The third-order valence-electron chi connectivity index (χ3n) is 3.38. The van der Waals surface area contributed by atoms with E-state index in [1.54, 1.807) is 12.1 Å². The first-order valence-electron chi connectivity index (χ1n) is 5.89. The van der Waals surface area contributed by atoms with Crippen molar-refractivity contribution >= 4 is 5.91 Å². The SMILES string of the molecule is NCC1(NC(=O)Cc2ccc(F)cc2)CCC1. The van der Waals surface area contributed by atoms with Gasteiger partial charge in [0.25, 0.3) is 0 Å². The van der Waals surface area contributed by atoms with E-state index < -0.39 is 0 Å². The zero-order chi connectivity index (χ0) is 12.3. The molecule has 0 aliphatic heterocycles. The van der Waals surface area contributed by atoms with Crippen molar-refractivity contribution in [2.24, 2.45) is 5.73 Å². The van der Waals surface area contributed by atoms with E-state index in [-0.39, 0.29) is 23.7 Å². The molecule has 2 rings (SSSR count). The lowest BCUT2D eigenvalue weighted by atomic mass is 9.76. The second-order valence-corrected chi connectivity index (χ2v) is 4.69. The zero-order valence-corrected chi connectivity index (χ0v) is 9.71. The third-order valence-corrected chi connectivity index (χ3v) is 3.38. The molecule has 0 radical (unpaired) electrons. The summed E-state index contributed by atoms with van der Waals surface area (Å²) in [5.74, 6) is -0.326. The molecule has 92 valence electrons. The van der Waals surface area contributed by atoms with E-state index in [0.717, 1.165) is 24.8 Å². The van der Waals surface area contributed by atoms with Crippen LogP contribution in [0.3, 0.4) is 0 Å². The molecule has 3 N–H and O–H groups in total. The van der Waals surface area contributed by atoms with E-state index in [1.807, 2.05) is 0 Å². The molecule has 0 atom stereocenters. The van der Waals surface area contributed by atoms with E-state index in [9.17, 15) is 9.18 Å². The fourth-order valence-corrected chi connectivity index (χ4v) is 2.11. The molecule has 1 saturated carbocycles. The Kier molecular flexibility index (Phi) is 3.43. The van der Waals surface area contributed by atoms with Crippen LogP contribution in [0, 0.1) is 5.82 Å². The molecule has 1 aromatic carbocycles.